The number of benzene rings is 1. The second kappa shape index (κ2) is 8.37. The summed E-state index contributed by atoms with van der Waals surface area (Å²) in [4.78, 5) is 11.8. The molecule has 0 radical (unpaired) electrons. The molecule has 1 rings (SSSR count). The molecule has 0 aliphatic rings. The van der Waals surface area contributed by atoms with Crippen molar-refractivity contribution in [3.63, 3.8) is 0 Å². The Labute approximate surface area is 114 Å². The van der Waals surface area contributed by atoms with Crippen molar-refractivity contribution in [3.05, 3.63) is 23.8 Å². The van der Waals surface area contributed by atoms with E-state index in [-0.39, 0.29) is 5.97 Å². The minimum atomic E-state index is -0.359. The summed E-state index contributed by atoms with van der Waals surface area (Å²) in [6.45, 7) is 6.24. The summed E-state index contributed by atoms with van der Waals surface area (Å²) < 4.78 is 10.3. The number of esters is 1. The quantitative estimate of drug-likeness (QED) is 0.429. The standard InChI is InChI=1S/C14H22N2O3/c1-3-18-9-5-8-16-13-7-6-11(15)10-12(13)14(17)19-4-2/h6-7,10,16H,3-5,8-9,15H2,1-2H3. The molecule has 106 valence electrons. The molecule has 3 N–H and O–H groups in total. The van der Waals surface area contributed by atoms with Gasteiger partial charge in [0.2, 0.25) is 0 Å². The first-order valence-electron chi connectivity index (χ1n) is 6.57. The van der Waals surface area contributed by atoms with Gasteiger partial charge >= 0.3 is 5.97 Å². The molecule has 0 atom stereocenters. The summed E-state index contributed by atoms with van der Waals surface area (Å²) in [5.74, 6) is -0.359. The monoisotopic (exact) mass is 266 g/mol. The van der Waals surface area contributed by atoms with Gasteiger partial charge in [-0.3, -0.25) is 0 Å². The molecule has 0 aromatic heterocycles. The van der Waals surface area contributed by atoms with Crippen LogP contribution in [0.5, 0.6) is 0 Å². The lowest BCUT2D eigenvalue weighted by Gasteiger charge is -2.12. The average molecular weight is 266 g/mol. The molecule has 0 unspecified atom stereocenters. The first kappa shape index (κ1) is 15.3. The lowest BCUT2D eigenvalue weighted by molar-refractivity contribution is 0.0527. The maximum atomic E-state index is 11.8. The molecule has 0 saturated carbocycles. The van der Waals surface area contributed by atoms with Gasteiger partial charge in [0.05, 0.1) is 12.2 Å². The van der Waals surface area contributed by atoms with E-state index in [0.29, 0.717) is 24.5 Å². The van der Waals surface area contributed by atoms with Gasteiger partial charge in [0.25, 0.3) is 0 Å². The summed E-state index contributed by atoms with van der Waals surface area (Å²) >= 11 is 0. The lowest BCUT2D eigenvalue weighted by atomic mass is 10.1. The van der Waals surface area contributed by atoms with Crippen LogP contribution in [-0.4, -0.2) is 32.3 Å². The number of carbonyl (C=O) groups excluding carboxylic acids is 1. The van der Waals surface area contributed by atoms with Crippen molar-refractivity contribution in [3.8, 4) is 0 Å². The minimum Gasteiger partial charge on any atom is -0.462 e. The van der Waals surface area contributed by atoms with Crippen LogP contribution in [0.2, 0.25) is 0 Å². The Morgan fingerprint density at radius 1 is 1.32 bits per heavy atom. The fourth-order valence-corrected chi connectivity index (χ4v) is 1.64. The molecule has 0 heterocycles. The maximum absolute atomic E-state index is 11.8. The number of anilines is 2. The van der Waals surface area contributed by atoms with Gasteiger partial charge in [-0.25, -0.2) is 4.79 Å². The zero-order valence-electron chi connectivity index (χ0n) is 11.6. The summed E-state index contributed by atoms with van der Waals surface area (Å²) in [5.41, 5.74) is 7.46. The topological polar surface area (TPSA) is 73.6 Å². The van der Waals surface area contributed by atoms with Crippen molar-refractivity contribution in [2.24, 2.45) is 0 Å². The van der Waals surface area contributed by atoms with E-state index >= 15 is 0 Å². The molecular weight excluding hydrogens is 244 g/mol. The van der Waals surface area contributed by atoms with Gasteiger partial charge in [0.15, 0.2) is 0 Å². The summed E-state index contributed by atoms with van der Waals surface area (Å²) in [5, 5.41) is 3.20. The number of rotatable bonds is 8. The van der Waals surface area contributed by atoms with Crippen LogP contribution in [0.1, 0.15) is 30.6 Å². The van der Waals surface area contributed by atoms with E-state index in [2.05, 4.69) is 5.32 Å². The van der Waals surface area contributed by atoms with Crippen molar-refractivity contribution in [1.82, 2.24) is 0 Å². The number of nitrogens with one attached hydrogen (secondary N) is 1. The minimum absolute atomic E-state index is 0.345. The van der Waals surface area contributed by atoms with E-state index in [9.17, 15) is 4.79 Å². The van der Waals surface area contributed by atoms with Crippen LogP contribution >= 0.6 is 0 Å². The van der Waals surface area contributed by atoms with E-state index in [1.165, 1.54) is 0 Å². The molecule has 5 nitrogen and oxygen atoms in total. The molecule has 0 spiro atoms. The van der Waals surface area contributed by atoms with Crippen LogP contribution in [0.25, 0.3) is 0 Å². The van der Waals surface area contributed by atoms with Crippen LogP contribution < -0.4 is 11.1 Å². The summed E-state index contributed by atoms with van der Waals surface area (Å²) in [7, 11) is 0. The van der Waals surface area contributed by atoms with E-state index in [1.54, 1.807) is 25.1 Å². The number of ether oxygens (including phenoxy) is 2. The summed E-state index contributed by atoms with van der Waals surface area (Å²) in [6.07, 6.45) is 0.875. The second-order valence-corrected chi connectivity index (χ2v) is 4.00. The van der Waals surface area contributed by atoms with E-state index < -0.39 is 0 Å². The Morgan fingerprint density at radius 3 is 2.79 bits per heavy atom. The fourth-order valence-electron chi connectivity index (χ4n) is 1.64. The molecule has 0 aliphatic carbocycles. The largest absolute Gasteiger partial charge is 0.462 e. The molecule has 0 aliphatic heterocycles. The SMILES string of the molecule is CCOCCCNc1ccc(N)cc1C(=O)OCC. The van der Waals surface area contributed by atoms with Crippen molar-refractivity contribution >= 4 is 17.3 Å². The van der Waals surface area contributed by atoms with Gasteiger partial charge in [-0.1, -0.05) is 0 Å². The molecule has 0 bridgehead atoms. The molecule has 1 aromatic carbocycles. The summed E-state index contributed by atoms with van der Waals surface area (Å²) in [6, 6.07) is 5.18. The van der Waals surface area contributed by atoms with Gasteiger partial charge < -0.3 is 20.5 Å². The molecule has 19 heavy (non-hydrogen) atoms. The highest BCUT2D eigenvalue weighted by Crippen LogP contribution is 2.20. The third-order valence-electron chi connectivity index (χ3n) is 2.52. The Morgan fingerprint density at radius 2 is 2.11 bits per heavy atom. The molecule has 0 saturated heterocycles. The van der Waals surface area contributed by atoms with Gasteiger partial charge in [-0.05, 0) is 38.5 Å². The average Bonchev–Trinajstić information content (AvgIpc) is 2.40. The number of hydrogen-bond donors (Lipinski definition) is 2. The predicted octanol–water partition coefficient (Wildman–Crippen LogP) is 2.28. The first-order valence-corrected chi connectivity index (χ1v) is 6.57. The number of hydrogen-bond acceptors (Lipinski definition) is 5. The van der Waals surface area contributed by atoms with Crippen molar-refractivity contribution < 1.29 is 14.3 Å². The highest BCUT2D eigenvalue weighted by atomic mass is 16.5. The van der Waals surface area contributed by atoms with Gasteiger partial charge in [-0.15, -0.1) is 0 Å². The Bertz CT molecular complexity index is 408. The molecule has 5 heteroatoms. The lowest BCUT2D eigenvalue weighted by Crippen LogP contribution is -2.12. The van der Waals surface area contributed by atoms with Crippen molar-refractivity contribution in [2.75, 3.05) is 37.4 Å². The molecule has 0 amide bonds. The van der Waals surface area contributed by atoms with E-state index in [0.717, 1.165) is 25.3 Å². The van der Waals surface area contributed by atoms with Crippen LogP contribution in [0, 0.1) is 0 Å². The van der Waals surface area contributed by atoms with Crippen LogP contribution in [-0.2, 0) is 9.47 Å². The zero-order valence-corrected chi connectivity index (χ0v) is 11.6. The first-order chi connectivity index (χ1) is 9.19. The number of nitrogens with two attached hydrogens (primary N) is 1. The zero-order chi connectivity index (χ0) is 14.1. The highest BCUT2D eigenvalue weighted by Gasteiger charge is 2.12. The number of carbonyl (C=O) groups is 1. The van der Waals surface area contributed by atoms with Crippen LogP contribution in [0.15, 0.2) is 18.2 Å². The Balaban J connectivity index is 2.63. The third kappa shape index (κ3) is 5.18. The van der Waals surface area contributed by atoms with Crippen LogP contribution in [0.4, 0.5) is 11.4 Å². The number of nitrogen functional groups attached to an aromatic ring is 1. The predicted molar refractivity (Wildman–Crippen MR) is 76.4 cm³/mol. The molecule has 1 aromatic rings. The van der Waals surface area contributed by atoms with Crippen LogP contribution in [0.3, 0.4) is 0 Å². The van der Waals surface area contributed by atoms with E-state index in [1.807, 2.05) is 6.92 Å². The third-order valence-corrected chi connectivity index (χ3v) is 2.52. The van der Waals surface area contributed by atoms with E-state index in [4.69, 9.17) is 15.2 Å². The van der Waals surface area contributed by atoms with Gasteiger partial charge in [0.1, 0.15) is 0 Å². The second-order valence-electron chi connectivity index (χ2n) is 4.00. The molecular formula is C14H22N2O3. The fraction of sp³-hybridized carbons (Fsp3) is 0.500. The van der Waals surface area contributed by atoms with Crippen molar-refractivity contribution in [2.45, 2.75) is 20.3 Å². The smallest absolute Gasteiger partial charge is 0.340 e. The van der Waals surface area contributed by atoms with Crippen molar-refractivity contribution in [1.29, 1.82) is 0 Å². The van der Waals surface area contributed by atoms with Gasteiger partial charge in [0, 0.05) is 31.1 Å². The Kier molecular flexibility index (Phi) is 6.74. The Hall–Kier alpha value is -1.75. The molecule has 0 fully saturated rings. The maximum Gasteiger partial charge on any atom is 0.340 e. The highest BCUT2D eigenvalue weighted by molar-refractivity contribution is 5.96. The van der Waals surface area contributed by atoms with Gasteiger partial charge in [-0.2, -0.15) is 0 Å². The normalized spacial score (nSPS) is 10.2.